The molecule has 0 aromatic heterocycles. The Hall–Kier alpha value is -1.64. The molecule has 0 saturated heterocycles. The average Bonchev–Trinajstić information content (AvgIpc) is 2.49. The quantitative estimate of drug-likeness (QED) is 0.831. The highest BCUT2D eigenvalue weighted by Gasteiger charge is 1.96. The Morgan fingerprint density at radius 3 is 1.58 bits per heavy atom. The standard InChI is InChI=1S/C17H22N2/c1-2-14-3-7-16(8-4-14)12-19-13-17-9-5-15(11-18)6-10-17/h3-10,19H,2,11-13,18H2,1H3. The molecule has 2 rings (SSSR count). The lowest BCUT2D eigenvalue weighted by Crippen LogP contribution is -2.12. The number of hydrogen-bond donors (Lipinski definition) is 2. The van der Waals surface area contributed by atoms with Crippen molar-refractivity contribution in [1.29, 1.82) is 0 Å². The SMILES string of the molecule is CCc1ccc(CNCc2ccc(CN)cc2)cc1. The van der Waals surface area contributed by atoms with Gasteiger partial charge in [0.1, 0.15) is 0 Å². The minimum Gasteiger partial charge on any atom is -0.326 e. The number of nitrogens with one attached hydrogen (secondary N) is 1. The zero-order valence-corrected chi connectivity index (χ0v) is 11.5. The molecule has 0 bridgehead atoms. The third kappa shape index (κ3) is 4.19. The molecule has 19 heavy (non-hydrogen) atoms. The lowest BCUT2D eigenvalue weighted by atomic mass is 10.1. The van der Waals surface area contributed by atoms with Crippen LogP contribution in [0.4, 0.5) is 0 Å². The summed E-state index contributed by atoms with van der Waals surface area (Å²) in [5.41, 5.74) is 10.8. The zero-order valence-electron chi connectivity index (χ0n) is 11.5. The molecule has 0 radical (unpaired) electrons. The van der Waals surface area contributed by atoms with Crippen molar-refractivity contribution in [3.05, 3.63) is 70.8 Å². The van der Waals surface area contributed by atoms with Gasteiger partial charge >= 0.3 is 0 Å². The summed E-state index contributed by atoms with van der Waals surface area (Å²) in [5.74, 6) is 0. The van der Waals surface area contributed by atoms with E-state index in [4.69, 9.17) is 5.73 Å². The third-order valence-corrected chi connectivity index (χ3v) is 3.35. The predicted octanol–water partition coefficient (Wildman–Crippen LogP) is 3.00. The molecule has 2 nitrogen and oxygen atoms in total. The van der Waals surface area contributed by atoms with E-state index in [1.165, 1.54) is 22.3 Å². The number of nitrogens with two attached hydrogens (primary N) is 1. The highest BCUT2D eigenvalue weighted by molar-refractivity contribution is 5.24. The molecule has 0 unspecified atom stereocenters. The monoisotopic (exact) mass is 254 g/mol. The molecule has 100 valence electrons. The van der Waals surface area contributed by atoms with Gasteiger partial charge in [-0.2, -0.15) is 0 Å². The molecule has 0 spiro atoms. The van der Waals surface area contributed by atoms with Crippen LogP contribution in [0.3, 0.4) is 0 Å². The number of rotatable bonds is 6. The molecule has 0 atom stereocenters. The first kappa shape index (κ1) is 13.8. The second kappa shape index (κ2) is 7.07. The third-order valence-electron chi connectivity index (χ3n) is 3.35. The van der Waals surface area contributed by atoms with E-state index in [2.05, 4.69) is 60.8 Å². The molecule has 2 heteroatoms. The van der Waals surface area contributed by atoms with E-state index in [1.807, 2.05) is 0 Å². The topological polar surface area (TPSA) is 38.0 Å². The lowest BCUT2D eigenvalue weighted by molar-refractivity contribution is 0.693. The summed E-state index contributed by atoms with van der Waals surface area (Å²) in [6, 6.07) is 17.2. The highest BCUT2D eigenvalue weighted by Crippen LogP contribution is 2.06. The fourth-order valence-corrected chi connectivity index (χ4v) is 2.04. The lowest BCUT2D eigenvalue weighted by Gasteiger charge is -2.06. The maximum absolute atomic E-state index is 5.58. The Labute approximate surface area is 115 Å². The maximum atomic E-state index is 5.58. The van der Waals surface area contributed by atoms with Gasteiger partial charge in [-0.15, -0.1) is 0 Å². The van der Waals surface area contributed by atoms with Crippen LogP contribution in [0.15, 0.2) is 48.5 Å². The molecule has 0 aliphatic heterocycles. The summed E-state index contributed by atoms with van der Waals surface area (Å²) in [6.45, 7) is 4.58. The van der Waals surface area contributed by atoms with Crippen LogP contribution in [0.1, 0.15) is 29.2 Å². The van der Waals surface area contributed by atoms with Crippen LogP contribution in [0, 0.1) is 0 Å². The van der Waals surface area contributed by atoms with E-state index in [0.29, 0.717) is 6.54 Å². The molecular weight excluding hydrogens is 232 g/mol. The van der Waals surface area contributed by atoms with Crippen LogP contribution in [0.25, 0.3) is 0 Å². The Morgan fingerprint density at radius 2 is 1.16 bits per heavy atom. The van der Waals surface area contributed by atoms with E-state index in [1.54, 1.807) is 0 Å². The van der Waals surface area contributed by atoms with E-state index < -0.39 is 0 Å². The number of aryl methyl sites for hydroxylation is 1. The second-order valence-corrected chi connectivity index (χ2v) is 4.79. The van der Waals surface area contributed by atoms with Crippen molar-refractivity contribution in [3.63, 3.8) is 0 Å². The van der Waals surface area contributed by atoms with Crippen LogP contribution in [-0.2, 0) is 26.1 Å². The van der Waals surface area contributed by atoms with Gasteiger partial charge in [0.15, 0.2) is 0 Å². The van der Waals surface area contributed by atoms with Crippen LogP contribution in [0.5, 0.6) is 0 Å². The van der Waals surface area contributed by atoms with Crippen LogP contribution in [-0.4, -0.2) is 0 Å². The first-order valence-electron chi connectivity index (χ1n) is 6.88. The van der Waals surface area contributed by atoms with E-state index in [9.17, 15) is 0 Å². The summed E-state index contributed by atoms with van der Waals surface area (Å²) in [4.78, 5) is 0. The summed E-state index contributed by atoms with van der Waals surface area (Å²) in [5, 5.41) is 3.46. The van der Waals surface area contributed by atoms with Crippen LogP contribution in [0.2, 0.25) is 0 Å². The first-order valence-corrected chi connectivity index (χ1v) is 6.88. The highest BCUT2D eigenvalue weighted by atomic mass is 14.8. The summed E-state index contributed by atoms with van der Waals surface area (Å²) < 4.78 is 0. The van der Waals surface area contributed by atoms with Gasteiger partial charge in [0.25, 0.3) is 0 Å². The van der Waals surface area contributed by atoms with Gasteiger partial charge < -0.3 is 11.1 Å². The second-order valence-electron chi connectivity index (χ2n) is 4.79. The van der Waals surface area contributed by atoms with Gasteiger partial charge in [0.2, 0.25) is 0 Å². The van der Waals surface area contributed by atoms with E-state index in [-0.39, 0.29) is 0 Å². The summed E-state index contributed by atoms with van der Waals surface area (Å²) >= 11 is 0. The van der Waals surface area contributed by atoms with Gasteiger partial charge in [0, 0.05) is 19.6 Å². The fourth-order valence-electron chi connectivity index (χ4n) is 2.04. The van der Waals surface area contributed by atoms with Crippen LogP contribution >= 0.6 is 0 Å². The van der Waals surface area contributed by atoms with Crippen molar-refractivity contribution >= 4 is 0 Å². The Balaban J connectivity index is 1.81. The first-order chi connectivity index (χ1) is 9.31. The molecule has 2 aromatic rings. The Morgan fingerprint density at radius 1 is 0.737 bits per heavy atom. The Bertz CT molecular complexity index is 438. The van der Waals surface area contributed by atoms with Gasteiger partial charge in [-0.1, -0.05) is 55.5 Å². The van der Waals surface area contributed by atoms with Crippen molar-refractivity contribution in [3.8, 4) is 0 Å². The molecule has 0 saturated carbocycles. The molecule has 0 amide bonds. The molecule has 2 aromatic carbocycles. The van der Waals surface area contributed by atoms with E-state index >= 15 is 0 Å². The largest absolute Gasteiger partial charge is 0.326 e. The van der Waals surface area contributed by atoms with Crippen molar-refractivity contribution in [2.75, 3.05) is 0 Å². The summed E-state index contributed by atoms with van der Waals surface area (Å²) in [7, 11) is 0. The maximum Gasteiger partial charge on any atom is 0.0208 e. The zero-order chi connectivity index (χ0) is 13.5. The van der Waals surface area contributed by atoms with Gasteiger partial charge in [-0.05, 0) is 28.7 Å². The van der Waals surface area contributed by atoms with Gasteiger partial charge in [-0.3, -0.25) is 0 Å². The van der Waals surface area contributed by atoms with Crippen LogP contribution < -0.4 is 11.1 Å². The van der Waals surface area contributed by atoms with Crippen molar-refractivity contribution in [2.45, 2.75) is 33.0 Å². The van der Waals surface area contributed by atoms with Crippen molar-refractivity contribution in [2.24, 2.45) is 5.73 Å². The normalized spacial score (nSPS) is 10.6. The van der Waals surface area contributed by atoms with Gasteiger partial charge in [-0.25, -0.2) is 0 Å². The molecule has 3 N–H and O–H groups in total. The van der Waals surface area contributed by atoms with Crippen molar-refractivity contribution in [1.82, 2.24) is 5.32 Å². The smallest absolute Gasteiger partial charge is 0.0208 e. The van der Waals surface area contributed by atoms with E-state index in [0.717, 1.165) is 19.5 Å². The minimum atomic E-state index is 0.609. The summed E-state index contributed by atoms with van der Waals surface area (Å²) in [6.07, 6.45) is 1.10. The molecule has 0 fully saturated rings. The average molecular weight is 254 g/mol. The molecular formula is C17H22N2. The van der Waals surface area contributed by atoms with Crippen molar-refractivity contribution < 1.29 is 0 Å². The number of hydrogen-bond acceptors (Lipinski definition) is 2. The number of benzene rings is 2. The molecule has 0 aliphatic carbocycles. The predicted molar refractivity (Wildman–Crippen MR) is 80.7 cm³/mol. The molecule has 0 aliphatic rings. The van der Waals surface area contributed by atoms with Gasteiger partial charge in [0.05, 0.1) is 0 Å². The Kier molecular flexibility index (Phi) is 5.13. The minimum absolute atomic E-state index is 0.609. The molecule has 0 heterocycles. The fraction of sp³-hybridized carbons (Fsp3) is 0.294.